The van der Waals surface area contributed by atoms with E-state index in [0.29, 0.717) is 5.92 Å². The summed E-state index contributed by atoms with van der Waals surface area (Å²) in [7, 11) is 0. The Bertz CT molecular complexity index is 405. The first-order valence-corrected chi connectivity index (χ1v) is 4.88. The Hall–Kier alpha value is -1.24. The van der Waals surface area contributed by atoms with Gasteiger partial charge in [0.15, 0.2) is 0 Å². The van der Waals surface area contributed by atoms with Crippen molar-refractivity contribution in [3.63, 3.8) is 0 Å². The molecule has 2 aromatic rings. The van der Waals surface area contributed by atoms with Gasteiger partial charge in [0.2, 0.25) is 0 Å². The van der Waals surface area contributed by atoms with E-state index in [9.17, 15) is 0 Å². The second-order valence-corrected chi connectivity index (χ2v) is 3.63. The molecule has 2 rings (SSSR count). The minimum absolute atomic E-state index is 0. The zero-order chi connectivity index (χ0) is 9.26. The summed E-state index contributed by atoms with van der Waals surface area (Å²) in [5, 5.41) is 1.32. The van der Waals surface area contributed by atoms with E-state index >= 15 is 0 Å². The van der Waals surface area contributed by atoms with Crippen LogP contribution in [0.15, 0.2) is 30.5 Å². The summed E-state index contributed by atoms with van der Waals surface area (Å²) in [5.41, 5.74) is 2.67. The Kier molecular flexibility index (Phi) is 2.09. The maximum absolute atomic E-state index is 3.20. The first-order valence-electron chi connectivity index (χ1n) is 4.88. The highest BCUT2D eigenvalue weighted by molar-refractivity contribution is 5.80. The van der Waals surface area contributed by atoms with Crippen molar-refractivity contribution in [3.05, 3.63) is 36.0 Å². The van der Waals surface area contributed by atoms with Crippen molar-refractivity contribution in [2.75, 3.05) is 0 Å². The van der Waals surface area contributed by atoms with Gasteiger partial charge in [0, 0.05) is 13.1 Å². The molecule has 0 aliphatic heterocycles. The maximum Gasteiger partial charge on any atom is 0.0454 e. The molecule has 0 aliphatic rings. The minimum atomic E-state index is 0. The molecule has 0 saturated heterocycles. The van der Waals surface area contributed by atoms with Gasteiger partial charge in [0.1, 0.15) is 0 Å². The molecule has 13 heavy (non-hydrogen) atoms. The number of benzene rings is 1. The standard InChI is InChI=1S/C12H15N.H2/c1-3-9(2)10-4-5-12-11(8-10)6-7-13-12;/h4-9,13H,3H2,1-2H3;1H. The Labute approximate surface area is 80.3 Å². The highest BCUT2D eigenvalue weighted by Gasteiger charge is 2.03. The van der Waals surface area contributed by atoms with Crippen molar-refractivity contribution in [2.24, 2.45) is 0 Å². The third-order valence-electron chi connectivity index (χ3n) is 2.76. The summed E-state index contributed by atoms with van der Waals surface area (Å²) in [5.74, 6) is 0.666. The molecule has 0 amide bonds. The van der Waals surface area contributed by atoms with E-state index in [4.69, 9.17) is 0 Å². The van der Waals surface area contributed by atoms with Crippen molar-refractivity contribution in [2.45, 2.75) is 26.2 Å². The fraction of sp³-hybridized carbons (Fsp3) is 0.333. The van der Waals surface area contributed by atoms with Crippen LogP contribution in [0, 0.1) is 0 Å². The van der Waals surface area contributed by atoms with Gasteiger partial charge < -0.3 is 4.98 Å². The fourth-order valence-electron chi connectivity index (χ4n) is 1.61. The molecular formula is C12H17N. The molecule has 1 aromatic heterocycles. The van der Waals surface area contributed by atoms with Crippen molar-refractivity contribution < 1.29 is 1.43 Å². The van der Waals surface area contributed by atoms with Crippen molar-refractivity contribution in [1.29, 1.82) is 0 Å². The first kappa shape index (κ1) is 8.36. The Morgan fingerprint density at radius 3 is 3.00 bits per heavy atom. The molecular weight excluding hydrogens is 158 g/mol. The van der Waals surface area contributed by atoms with E-state index < -0.39 is 0 Å². The van der Waals surface area contributed by atoms with Crippen LogP contribution in [0.1, 0.15) is 33.2 Å². The summed E-state index contributed by atoms with van der Waals surface area (Å²) in [4.78, 5) is 3.20. The molecule has 1 nitrogen and oxygen atoms in total. The van der Waals surface area contributed by atoms with Crippen LogP contribution in [0.4, 0.5) is 0 Å². The van der Waals surface area contributed by atoms with Gasteiger partial charge in [0.25, 0.3) is 0 Å². The molecule has 0 bridgehead atoms. The van der Waals surface area contributed by atoms with E-state index in [1.54, 1.807) is 0 Å². The third kappa shape index (κ3) is 1.46. The summed E-state index contributed by atoms with van der Waals surface area (Å²) in [6, 6.07) is 8.78. The summed E-state index contributed by atoms with van der Waals surface area (Å²) < 4.78 is 0. The second kappa shape index (κ2) is 3.25. The molecule has 0 aliphatic carbocycles. The number of H-pyrrole nitrogens is 1. The number of hydrogen-bond acceptors (Lipinski definition) is 0. The molecule has 1 atom stereocenters. The lowest BCUT2D eigenvalue weighted by molar-refractivity contribution is 0.735. The lowest BCUT2D eigenvalue weighted by Gasteiger charge is -2.08. The maximum atomic E-state index is 3.20. The summed E-state index contributed by atoms with van der Waals surface area (Å²) >= 11 is 0. The highest BCUT2D eigenvalue weighted by Crippen LogP contribution is 2.22. The molecule has 0 fully saturated rings. The number of fused-ring (bicyclic) bond motifs is 1. The normalized spacial score (nSPS) is 13.4. The molecule has 1 heteroatoms. The molecule has 0 saturated carbocycles. The van der Waals surface area contributed by atoms with E-state index in [0.717, 1.165) is 0 Å². The van der Waals surface area contributed by atoms with Crippen molar-refractivity contribution in [1.82, 2.24) is 4.98 Å². The number of nitrogens with one attached hydrogen (secondary N) is 1. The SMILES string of the molecule is CCC(C)c1ccc2[nH]ccc2c1.[HH]. The Morgan fingerprint density at radius 2 is 2.23 bits per heavy atom. The van der Waals surface area contributed by atoms with Gasteiger partial charge in [-0.1, -0.05) is 19.9 Å². The predicted octanol–water partition coefficient (Wildman–Crippen LogP) is 3.93. The van der Waals surface area contributed by atoms with Crippen LogP contribution in [-0.2, 0) is 0 Å². The molecule has 70 valence electrons. The largest absolute Gasteiger partial charge is 0.361 e. The third-order valence-corrected chi connectivity index (χ3v) is 2.76. The zero-order valence-electron chi connectivity index (χ0n) is 8.17. The van der Waals surface area contributed by atoms with Crippen LogP contribution in [0.2, 0.25) is 0 Å². The van der Waals surface area contributed by atoms with Crippen LogP contribution < -0.4 is 0 Å². The van der Waals surface area contributed by atoms with Crippen LogP contribution in [-0.4, -0.2) is 4.98 Å². The number of hydrogen-bond donors (Lipinski definition) is 1. The van der Waals surface area contributed by atoms with Gasteiger partial charge in [-0.2, -0.15) is 0 Å². The fourth-order valence-corrected chi connectivity index (χ4v) is 1.61. The van der Waals surface area contributed by atoms with Crippen LogP contribution >= 0.6 is 0 Å². The number of rotatable bonds is 2. The quantitative estimate of drug-likeness (QED) is 0.711. The van der Waals surface area contributed by atoms with E-state index in [2.05, 4.69) is 43.1 Å². The lowest BCUT2D eigenvalue weighted by Crippen LogP contribution is -1.89. The van der Waals surface area contributed by atoms with E-state index in [1.807, 2.05) is 6.20 Å². The van der Waals surface area contributed by atoms with Crippen molar-refractivity contribution in [3.8, 4) is 0 Å². The van der Waals surface area contributed by atoms with Gasteiger partial charge in [-0.3, -0.25) is 0 Å². The second-order valence-electron chi connectivity index (χ2n) is 3.63. The van der Waals surface area contributed by atoms with Crippen molar-refractivity contribution >= 4 is 10.9 Å². The van der Waals surface area contributed by atoms with Crippen LogP contribution in [0.5, 0.6) is 0 Å². The molecule has 1 N–H and O–H groups in total. The molecule has 1 aromatic carbocycles. The topological polar surface area (TPSA) is 15.8 Å². The van der Waals surface area contributed by atoms with E-state index in [1.165, 1.54) is 22.9 Å². The van der Waals surface area contributed by atoms with Crippen LogP contribution in [0.25, 0.3) is 10.9 Å². The highest BCUT2D eigenvalue weighted by atomic mass is 14.7. The number of aromatic amines is 1. The summed E-state index contributed by atoms with van der Waals surface area (Å²) in [6.07, 6.45) is 3.20. The monoisotopic (exact) mass is 175 g/mol. The lowest BCUT2D eigenvalue weighted by atomic mass is 9.98. The average molecular weight is 175 g/mol. The Balaban J connectivity index is 0.000000980. The van der Waals surface area contributed by atoms with Gasteiger partial charge in [-0.15, -0.1) is 0 Å². The zero-order valence-corrected chi connectivity index (χ0v) is 8.17. The molecule has 1 heterocycles. The molecule has 0 spiro atoms. The average Bonchev–Trinajstić information content (AvgIpc) is 2.63. The van der Waals surface area contributed by atoms with Gasteiger partial charge >= 0.3 is 0 Å². The predicted molar refractivity (Wildman–Crippen MR) is 59.1 cm³/mol. The van der Waals surface area contributed by atoms with Gasteiger partial charge in [-0.05, 0) is 41.5 Å². The van der Waals surface area contributed by atoms with Crippen LogP contribution in [0.3, 0.4) is 0 Å². The first-order chi connectivity index (χ1) is 6.31. The number of aromatic nitrogens is 1. The molecule has 1 unspecified atom stereocenters. The van der Waals surface area contributed by atoms with E-state index in [-0.39, 0.29) is 1.43 Å². The minimum Gasteiger partial charge on any atom is -0.361 e. The van der Waals surface area contributed by atoms with Gasteiger partial charge in [-0.25, -0.2) is 0 Å². The molecule has 0 radical (unpaired) electrons. The van der Waals surface area contributed by atoms with Gasteiger partial charge in [0.05, 0.1) is 0 Å². The smallest absolute Gasteiger partial charge is 0.0454 e. The Morgan fingerprint density at radius 1 is 1.38 bits per heavy atom. The summed E-state index contributed by atoms with van der Waals surface area (Å²) in [6.45, 7) is 4.50.